The Morgan fingerprint density at radius 3 is 3.36 bits per heavy atom. The molecular weight excluding hydrogens is 200 g/mol. The molecule has 0 saturated carbocycles. The molecule has 1 N–H and O–H groups in total. The van der Waals surface area contributed by atoms with Gasteiger partial charge in [0.25, 0.3) is 0 Å². The highest BCUT2D eigenvalue weighted by atomic mass is 32.1. The summed E-state index contributed by atoms with van der Waals surface area (Å²) in [5, 5.41) is 10.5. The quantitative estimate of drug-likeness (QED) is 0.594. The maximum atomic E-state index is 11.4. The van der Waals surface area contributed by atoms with E-state index in [0.29, 0.717) is 0 Å². The van der Waals surface area contributed by atoms with Crippen LogP contribution in [0.1, 0.15) is 16.9 Å². The molecule has 1 unspecified atom stereocenters. The zero-order valence-electron chi connectivity index (χ0n) is 7.73. The van der Waals surface area contributed by atoms with Gasteiger partial charge >= 0.3 is 5.97 Å². The van der Waals surface area contributed by atoms with E-state index in [0.717, 1.165) is 19.3 Å². The van der Waals surface area contributed by atoms with Gasteiger partial charge in [0.15, 0.2) is 6.79 Å². The van der Waals surface area contributed by atoms with E-state index in [1.54, 1.807) is 11.3 Å². The lowest BCUT2D eigenvalue weighted by Crippen LogP contribution is -2.24. The summed E-state index contributed by atoms with van der Waals surface area (Å²) < 4.78 is 4.59. The predicted octanol–water partition coefficient (Wildman–Crippen LogP) is 1.35. The van der Waals surface area contributed by atoms with Crippen LogP contribution in [0.2, 0.25) is 0 Å². The number of ether oxygens (including phenoxy) is 1. The van der Waals surface area contributed by atoms with Crippen molar-refractivity contribution in [3.63, 3.8) is 0 Å². The van der Waals surface area contributed by atoms with Crippen LogP contribution in [0.3, 0.4) is 0 Å². The van der Waals surface area contributed by atoms with Crippen LogP contribution in [0.5, 0.6) is 0 Å². The van der Waals surface area contributed by atoms with Gasteiger partial charge in [-0.25, -0.2) is 0 Å². The van der Waals surface area contributed by atoms with Gasteiger partial charge in [0.05, 0.1) is 5.92 Å². The number of hydrogen-bond donors (Lipinski definition) is 1. The lowest BCUT2D eigenvalue weighted by Gasteiger charge is -2.19. The third kappa shape index (κ3) is 1.81. The summed E-state index contributed by atoms with van der Waals surface area (Å²) in [6, 6.07) is 2.07. The Bertz CT molecular complexity index is 332. The Labute approximate surface area is 86.3 Å². The molecule has 1 aliphatic carbocycles. The second-order valence-corrected chi connectivity index (χ2v) is 4.40. The number of aryl methyl sites for hydroxylation is 1. The van der Waals surface area contributed by atoms with E-state index in [4.69, 9.17) is 5.11 Å². The Morgan fingerprint density at radius 2 is 2.57 bits per heavy atom. The summed E-state index contributed by atoms with van der Waals surface area (Å²) in [5.74, 6) is -0.339. The lowest BCUT2D eigenvalue weighted by molar-refractivity contribution is -0.157. The van der Waals surface area contributed by atoms with Crippen molar-refractivity contribution in [3.05, 3.63) is 21.9 Å². The summed E-state index contributed by atoms with van der Waals surface area (Å²) in [5.41, 5.74) is 1.26. The van der Waals surface area contributed by atoms with E-state index >= 15 is 0 Å². The third-order valence-corrected chi connectivity index (χ3v) is 3.59. The minimum Gasteiger partial charge on any atom is -0.438 e. The summed E-state index contributed by atoms with van der Waals surface area (Å²) >= 11 is 1.75. The van der Waals surface area contributed by atoms with Crippen LogP contribution >= 0.6 is 11.3 Å². The zero-order valence-corrected chi connectivity index (χ0v) is 8.55. The van der Waals surface area contributed by atoms with E-state index < -0.39 is 6.79 Å². The van der Waals surface area contributed by atoms with Gasteiger partial charge in [0.2, 0.25) is 0 Å². The van der Waals surface area contributed by atoms with Crippen LogP contribution < -0.4 is 0 Å². The summed E-state index contributed by atoms with van der Waals surface area (Å²) in [4.78, 5) is 12.7. The second kappa shape index (κ2) is 4.11. The van der Waals surface area contributed by atoms with E-state index in [2.05, 4.69) is 16.2 Å². The SMILES string of the molecule is O=C(OCO)C1CCc2sccc2C1. The van der Waals surface area contributed by atoms with Gasteiger partial charge in [-0.15, -0.1) is 11.3 Å². The molecule has 3 nitrogen and oxygen atoms in total. The second-order valence-electron chi connectivity index (χ2n) is 3.40. The number of carbonyl (C=O) groups is 1. The minimum atomic E-state index is -0.508. The first-order valence-electron chi connectivity index (χ1n) is 4.64. The number of aliphatic hydroxyl groups excluding tert-OH is 1. The van der Waals surface area contributed by atoms with Crippen LogP contribution in [0, 0.1) is 5.92 Å². The van der Waals surface area contributed by atoms with Gasteiger partial charge in [-0.1, -0.05) is 0 Å². The highest BCUT2D eigenvalue weighted by Gasteiger charge is 2.26. The summed E-state index contributed by atoms with van der Waals surface area (Å²) in [6.07, 6.45) is 2.56. The smallest absolute Gasteiger partial charge is 0.311 e. The first-order chi connectivity index (χ1) is 6.81. The van der Waals surface area contributed by atoms with Crippen LogP contribution in [-0.2, 0) is 22.4 Å². The first-order valence-corrected chi connectivity index (χ1v) is 5.52. The van der Waals surface area contributed by atoms with Crippen molar-refractivity contribution in [1.82, 2.24) is 0 Å². The molecule has 0 spiro atoms. The first kappa shape index (κ1) is 9.68. The van der Waals surface area contributed by atoms with Crippen LogP contribution in [0.4, 0.5) is 0 Å². The highest BCUT2D eigenvalue weighted by molar-refractivity contribution is 7.10. The minimum absolute atomic E-state index is 0.0655. The van der Waals surface area contributed by atoms with E-state index in [-0.39, 0.29) is 11.9 Å². The Morgan fingerprint density at radius 1 is 1.71 bits per heavy atom. The van der Waals surface area contributed by atoms with E-state index in [1.807, 2.05) is 0 Å². The van der Waals surface area contributed by atoms with Gasteiger partial charge in [-0.3, -0.25) is 4.79 Å². The van der Waals surface area contributed by atoms with Crippen LogP contribution in [0.25, 0.3) is 0 Å². The standard InChI is InChI=1S/C10H12O3S/c11-6-13-10(12)8-1-2-9-7(5-8)3-4-14-9/h3-4,8,11H,1-2,5-6H2. The van der Waals surface area contributed by atoms with Crippen LogP contribution in [0.15, 0.2) is 11.4 Å². The average Bonchev–Trinajstić information content (AvgIpc) is 2.64. The van der Waals surface area contributed by atoms with Crippen molar-refractivity contribution in [3.8, 4) is 0 Å². The van der Waals surface area contributed by atoms with Crippen molar-refractivity contribution in [2.75, 3.05) is 6.79 Å². The molecule has 1 aliphatic rings. The molecule has 0 radical (unpaired) electrons. The molecule has 1 aromatic rings. The van der Waals surface area contributed by atoms with Crippen LogP contribution in [-0.4, -0.2) is 17.9 Å². The Kier molecular flexibility index (Phi) is 2.84. The number of thiophene rings is 1. The van der Waals surface area contributed by atoms with Gasteiger partial charge < -0.3 is 9.84 Å². The largest absolute Gasteiger partial charge is 0.438 e. The van der Waals surface area contributed by atoms with E-state index in [9.17, 15) is 4.79 Å². The number of esters is 1. The third-order valence-electron chi connectivity index (χ3n) is 2.56. The monoisotopic (exact) mass is 212 g/mol. The molecule has 2 rings (SSSR count). The average molecular weight is 212 g/mol. The molecule has 1 atom stereocenters. The van der Waals surface area contributed by atoms with Crippen molar-refractivity contribution in [2.24, 2.45) is 5.92 Å². The molecule has 0 saturated heterocycles. The molecule has 0 fully saturated rings. The molecule has 4 heteroatoms. The maximum Gasteiger partial charge on any atom is 0.311 e. The van der Waals surface area contributed by atoms with Gasteiger partial charge in [0, 0.05) is 4.88 Å². The fraction of sp³-hybridized carbons (Fsp3) is 0.500. The number of carbonyl (C=O) groups excluding carboxylic acids is 1. The lowest BCUT2D eigenvalue weighted by atomic mass is 9.89. The molecule has 0 amide bonds. The zero-order chi connectivity index (χ0) is 9.97. The fourth-order valence-corrected chi connectivity index (χ4v) is 2.76. The van der Waals surface area contributed by atoms with Crippen molar-refractivity contribution in [1.29, 1.82) is 0 Å². The molecule has 0 bridgehead atoms. The number of fused-ring (bicyclic) bond motifs is 1. The van der Waals surface area contributed by atoms with Gasteiger partial charge in [0.1, 0.15) is 0 Å². The number of hydrogen-bond acceptors (Lipinski definition) is 4. The van der Waals surface area contributed by atoms with Gasteiger partial charge in [-0.05, 0) is 36.3 Å². The highest BCUT2D eigenvalue weighted by Crippen LogP contribution is 2.29. The fourth-order valence-electron chi connectivity index (χ4n) is 1.82. The topological polar surface area (TPSA) is 46.5 Å². The molecule has 0 aliphatic heterocycles. The predicted molar refractivity (Wildman–Crippen MR) is 53.0 cm³/mol. The van der Waals surface area contributed by atoms with Crippen molar-refractivity contribution in [2.45, 2.75) is 19.3 Å². The summed E-state index contributed by atoms with van der Waals surface area (Å²) in [6.45, 7) is -0.508. The molecule has 14 heavy (non-hydrogen) atoms. The summed E-state index contributed by atoms with van der Waals surface area (Å²) in [7, 11) is 0. The molecular formula is C10H12O3S. The maximum absolute atomic E-state index is 11.4. The van der Waals surface area contributed by atoms with Gasteiger partial charge in [-0.2, -0.15) is 0 Å². The van der Waals surface area contributed by atoms with Crippen molar-refractivity contribution < 1.29 is 14.6 Å². The normalized spacial score (nSPS) is 20.2. The Balaban J connectivity index is 2.04. The number of aliphatic hydroxyl groups is 1. The molecule has 1 aromatic heterocycles. The molecule has 76 valence electrons. The number of rotatable bonds is 2. The Hall–Kier alpha value is -0.870. The van der Waals surface area contributed by atoms with E-state index in [1.165, 1.54) is 10.4 Å². The van der Waals surface area contributed by atoms with Crippen molar-refractivity contribution >= 4 is 17.3 Å². The molecule has 0 aromatic carbocycles. The molecule has 1 heterocycles.